The highest BCUT2D eigenvalue weighted by Gasteiger charge is 2.31. The highest BCUT2D eigenvalue weighted by atomic mass is 16.5. The third-order valence-corrected chi connectivity index (χ3v) is 4.51. The van der Waals surface area contributed by atoms with E-state index in [0.717, 1.165) is 11.1 Å². The number of rotatable bonds is 8. The Morgan fingerprint density at radius 3 is 2.70 bits per heavy atom. The quantitative estimate of drug-likeness (QED) is 0.463. The van der Waals surface area contributed by atoms with Crippen molar-refractivity contribution in [2.24, 2.45) is 5.73 Å². The van der Waals surface area contributed by atoms with E-state index in [1.807, 2.05) is 19.9 Å². The summed E-state index contributed by atoms with van der Waals surface area (Å²) in [6.45, 7) is 3.62. The average molecular weight is 376 g/mol. The molecule has 0 atom stereocenters. The normalized spacial score (nSPS) is 13.1. The minimum Gasteiger partial charge on any atom is -0.507 e. The Hall–Kier alpha value is -3.03. The molecule has 0 unspecified atom stereocenters. The van der Waals surface area contributed by atoms with Gasteiger partial charge < -0.3 is 25.6 Å². The second-order valence-corrected chi connectivity index (χ2v) is 6.41. The van der Waals surface area contributed by atoms with Gasteiger partial charge in [0.25, 0.3) is 0 Å². The van der Waals surface area contributed by atoms with Gasteiger partial charge in [-0.05, 0) is 32.3 Å². The van der Waals surface area contributed by atoms with Crippen molar-refractivity contribution in [3.05, 3.63) is 33.9 Å². The number of phenolic OH excluding ortho intramolecular Hbond substituents is 1. The fraction of sp³-hybridized carbons (Fsp3) is 0.421. The zero-order chi connectivity index (χ0) is 20.1. The first-order valence-corrected chi connectivity index (χ1v) is 8.55. The van der Waals surface area contributed by atoms with Crippen LogP contribution in [0.2, 0.25) is 0 Å². The predicted octanol–water partition coefficient (Wildman–Crippen LogP) is 1.25. The molecule has 1 aromatic rings. The standard InChI is InChI=1S/C19H24N2O6/c1-10(5-7-15(23)21-8-14(20)22)4-6-12-17(24)16-13(9-27-19(16)25)11(2)18(12)26-3/h4,24H,5-9H2,1-3H3,(H2,20,22)(H,21,23). The predicted molar refractivity (Wildman–Crippen MR) is 97.4 cm³/mol. The van der Waals surface area contributed by atoms with Gasteiger partial charge >= 0.3 is 5.97 Å². The summed E-state index contributed by atoms with van der Waals surface area (Å²) in [6, 6.07) is 0. The fourth-order valence-corrected chi connectivity index (χ4v) is 2.99. The number of allylic oxidation sites excluding steroid dienone is 2. The molecule has 0 bridgehead atoms. The Labute approximate surface area is 157 Å². The molecule has 27 heavy (non-hydrogen) atoms. The third kappa shape index (κ3) is 4.58. The topological polar surface area (TPSA) is 128 Å². The van der Waals surface area contributed by atoms with Crippen molar-refractivity contribution in [2.75, 3.05) is 13.7 Å². The Morgan fingerprint density at radius 1 is 1.37 bits per heavy atom. The van der Waals surface area contributed by atoms with Gasteiger partial charge in [-0.25, -0.2) is 4.79 Å². The van der Waals surface area contributed by atoms with E-state index >= 15 is 0 Å². The molecule has 2 rings (SSSR count). The molecule has 146 valence electrons. The van der Waals surface area contributed by atoms with Crippen molar-refractivity contribution in [3.63, 3.8) is 0 Å². The smallest absolute Gasteiger partial charge is 0.342 e. The molecule has 8 heteroatoms. The van der Waals surface area contributed by atoms with Crippen LogP contribution >= 0.6 is 0 Å². The van der Waals surface area contributed by atoms with Gasteiger partial charge in [-0.1, -0.05) is 11.6 Å². The Kier molecular flexibility index (Phi) is 6.44. The van der Waals surface area contributed by atoms with E-state index in [9.17, 15) is 19.5 Å². The second kappa shape index (κ2) is 8.57. The maximum Gasteiger partial charge on any atom is 0.342 e. The molecular formula is C19H24N2O6. The van der Waals surface area contributed by atoms with E-state index in [0.29, 0.717) is 29.7 Å². The van der Waals surface area contributed by atoms with Crippen molar-refractivity contribution >= 4 is 17.8 Å². The Balaban J connectivity index is 2.13. The number of nitrogens with two attached hydrogens (primary N) is 1. The summed E-state index contributed by atoms with van der Waals surface area (Å²) < 4.78 is 10.5. The van der Waals surface area contributed by atoms with Gasteiger partial charge in [-0.2, -0.15) is 0 Å². The number of hydrogen-bond donors (Lipinski definition) is 3. The lowest BCUT2D eigenvalue weighted by Crippen LogP contribution is -2.33. The number of carbonyl (C=O) groups is 3. The zero-order valence-corrected chi connectivity index (χ0v) is 15.7. The van der Waals surface area contributed by atoms with Gasteiger partial charge in [0.05, 0.1) is 13.7 Å². The molecule has 8 nitrogen and oxygen atoms in total. The van der Waals surface area contributed by atoms with E-state index < -0.39 is 11.9 Å². The second-order valence-electron chi connectivity index (χ2n) is 6.41. The van der Waals surface area contributed by atoms with Crippen LogP contribution in [0.1, 0.15) is 46.8 Å². The van der Waals surface area contributed by atoms with E-state index in [1.165, 1.54) is 7.11 Å². The fourth-order valence-electron chi connectivity index (χ4n) is 2.99. The van der Waals surface area contributed by atoms with Crippen LogP contribution in [0.15, 0.2) is 11.6 Å². The van der Waals surface area contributed by atoms with Crippen molar-refractivity contribution in [3.8, 4) is 11.5 Å². The van der Waals surface area contributed by atoms with Gasteiger partial charge in [-0.15, -0.1) is 0 Å². The van der Waals surface area contributed by atoms with Crippen LogP contribution in [0.4, 0.5) is 0 Å². The number of esters is 1. The van der Waals surface area contributed by atoms with Crippen LogP contribution in [-0.4, -0.2) is 36.5 Å². The van der Waals surface area contributed by atoms with E-state index in [2.05, 4.69) is 5.32 Å². The monoisotopic (exact) mass is 376 g/mol. The largest absolute Gasteiger partial charge is 0.507 e. The summed E-state index contributed by atoms with van der Waals surface area (Å²) in [5, 5.41) is 13.0. The number of aromatic hydroxyl groups is 1. The van der Waals surface area contributed by atoms with Crippen molar-refractivity contribution in [1.82, 2.24) is 5.32 Å². The van der Waals surface area contributed by atoms with Crippen LogP contribution in [0, 0.1) is 6.92 Å². The lowest BCUT2D eigenvalue weighted by Gasteiger charge is -2.15. The molecular weight excluding hydrogens is 352 g/mol. The minimum atomic E-state index is -0.594. The molecule has 1 aliphatic rings. The first-order chi connectivity index (χ1) is 12.8. The number of cyclic esters (lactones) is 1. The number of amides is 2. The summed E-state index contributed by atoms with van der Waals surface area (Å²) >= 11 is 0. The minimum absolute atomic E-state index is 0.124. The zero-order valence-electron chi connectivity index (χ0n) is 15.7. The number of hydrogen-bond acceptors (Lipinski definition) is 6. The van der Waals surface area contributed by atoms with E-state index in [1.54, 1.807) is 0 Å². The molecule has 1 aromatic carbocycles. The summed E-state index contributed by atoms with van der Waals surface area (Å²) in [5.74, 6) is -1.01. The van der Waals surface area contributed by atoms with Crippen LogP contribution in [0.25, 0.3) is 0 Å². The molecule has 1 heterocycles. The number of primary amides is 1. The van der Waals surface area contributed by atoms with Crippen molar-refractivity contribution in [1.29, 1.82) is 0 Å². The van der Waals surface area contributed by atoms with Gasteiger partial charge in [-0.3, -0.25) is 9.59 Å². The lowest BCUT2D eigenvalue weighted by atomic mass is 9.94. The average Bonchev–Trinajstić information content (AvgIpc) is 3.02. The molecule has 0 fully saturated rings. The molecule has 0 spiro atoms. The summed E-state index contributed by atoms with van der Waals surface area (Å²) in [4.78, 5) is 34.2. The molecule has 2 amide bonds. The van der Waals surface area contributed by atoms with Gasteiger partial charge in [0.15, 0.2) is 0 Å². The molecule has 0 radical (unpaired) electrons. The van der Waals surface area contributed by atoms with Gasteiger partial charge in [0.1, 0.15) is 23.7 Å². The van der Waals surface area contributed by atoms with Crippen molar-refractivity contribution < 1.29 is 29.0 Å². The SMILES string of the molecule is COc1c(C)c2c(c(O)c1CC=C(C)CCC(=O)NCC(N)=O)C(=O)OC2. The summed E-state index contributed by atoms with van der Waals surface area (Å²) in [6.07, 6.45) is 2.91. The Morgan fingerprint density at radius 2 is 2.07 bits per heavy atom. The number of benzene rings is 1. The first-order valence-electron chi connectivity index (χ1n) is 8.55. The van der Waals surface area contributed by atoms with E-state index in [4.69, 9.17) is 15.2 Å². The summed E-state index contributed by atoms with van der Waals surface area (Å²) in [5.41, 5.74) is 8.01. The maximum atomic E-state index is 11.9. The number of phenols is 1. The number of methoxy groups -OCH3 is 1. The number of fused-ring (bicyclic) bond motifs is 1. The highest BCUT2D eigenvalue weighted by Crippen LogP contribution is 2.42. The molecule has 0 aliphatic carbocycles. The molecule has 4 N–H and O–H groups in total. The Bertz CT molecular complexity index is 813. The summed E-state index contributed by atoms with van der Waals surface area (Å²) in [7, 11) is 1.51. The molecule has 0 saturated heterocycles. The van der Waals surface area contributed by atoms with Gasteiger partial charge in [0, 0.05) is 17.5 Å². The number of carbonyl (C=O) groups excluding carboxylic acids is 3. The molecule has 0 saturated carbocycles. The van der Waals surface area contributed by atoms with Crippen LogP contribution in [0.5, 0.6) is 11.5 Å². The van der Waals surface area contributed by atoms with Crippen LogP contribution in [0.3, 0.4) is 0 Å². The number of nitrogens with one attached hydrogen (secondary N) is 1. The molecule has 0 aromatic heterocycles. The lowest BCUT2D eigenvalue weighted by molar-refractivity contribution is -0.124. The third-order valence-electron chi connectivity index (χ3n) is 4.51. The van der Waals surface area contributed by atoms with Gasteiger partial charge in [0.2, 0.25) is 11.8 Å². The molecule has 1 aliphatic heterocycles. The van der Waals surface area contributed by atoms with Crippen LogP contribution < -0.4 is 15.8 Å². The van der Waals surface area contributed by atoms with Crippen molar-refractivity contribution in [2.45, 2.75) is 39.7 Å². The van der Waals surface area contributed by atoms with E-state index in [-0.39, 0.29) is 36.8 Å². The number of ether oxygens (including phenoxy) is 2. The van der Waals surface area contributed by atoms with Crippen LogP contribution in [-0.2, 0) is 27.4 Å². The first kappa shape index (κ1) is 20.3. The highest BCUT2D eigenvalue weighted by molar-refractivity contribution is 5.98. The maximum absolute atomic E-state index is 11.9.